The van der Waals surface area contributed by atoms with Crippen LogP contribution in [-0.4, -0.2) is 45.0 Å². The van der Waals surface area contributed by atoms with E-state index in [1.165, 1.54) is 6.07 Å². The quantitative estimate of drug-likeness (QED) is 0.712. The highest BCUT2D eigenvalue weighted by atomic mass is 35.5. The first-order chi connectivity index (χ1) is 12.1. The van der Waals surface area contributed by atoms with Gasteiger partial charge in [-0.1, -0.05) is 18.2 Å². The van der Waals surface area contributed by atoms with E-state index in [0.717, 1.165) is 11.2 Å². The van der Waals surface area contributed by atoms with Crippen LogP contribution in [0.2, 0.25) is 0 Å². The number of piperazine rings is 1. The van der Waals surface area contributed by atoms with Crippen LogP contribution in [0.5, 0.6) is 0 Å². The third-order valence-electron chi connectivity index (χ3n) is 4.64. The highest BCUT2D eigenvalue weighted by molar-refractivity contribution is 6.06. The van der Waals surface area contributed by atoms with Gasteiger partial charge in [-0.25, -0.2) is 4.98 Å². The molecule has 1 aromatic carbocycles. The summed E-state index contributed by atoms with van der Waals surface area (Å²) in [5.41, 5.74) is 0.827. The van der Waals surface area contributed by atoms with E-state index < -0.39 is 0 Å². The van der Waals surface area contributed by atoms with Crippen molar-refractivity contribution in [3.8, 4) is 0 Å². The zero-order valence-corrected chi connectivity index (χ0v) is 15.1. The maximum absolute atomic E-state index is 13.3. The standard InChI is InChI=1S/C18H19N5O2.ClH/c1-22-8-7-20-17(22)15-11-19-6-9-23(15)18(25)13-10-16(24)21-14-5-3-2-4-12(13)14;/h2-5,7-8,10,15,19H,6,9,11H2,1H3,(H,21,24);1H. The number of halogens is 1. The number of carbonyl (C=O) groups is 1. The normalized spacial score (nSPS) is 17.1. The van der Waals surface area contributed by atoms with Crippen LogP contribution in [0.4, 0.5) is 0 Å². The topological polar surface area (TPSA) is 83.0 Å². The van der Waals surface area contributed by atoms with Gasteiger partial charge < -0.3 is 19.8 Å². The first kappa shape index (κ1) is 18.2. The predicted octanol–water partition coefficient (Wildman–Crippen LogP) is 1.47. The number of benzene rings is 1. The Morgan fingerprint density at radius 1 is 1.31 bits per heavy atom. The highest BCUT2D eigenvalue weighted by Crippen LogP contribution is 2.25. The number of carbonyl (C=O) groups excluding carboxylic acids is 1. The number of H-pyrrole nitrogens is 1. The lowest BCUT2D eigenvalue weighted by molar-refractivity contribution is 0.0622. The second-order valence-electron chi connectivity index (χ2n) is 6.21. The SMILES string of the molecule is Cl.Cn1ccnc1C1CNCCN1C(=O)c1cc(=O)[nH]c2ccccc12. The Balaban J connectivity index is 0.00000196. The molecule has 8 heteroatoms. The van der Waals surface area contributed by atoms with E-state index in [9.17, 15) is 9.59 Å². The van der Waals surface area contributed by atoms with Crippen LogP contribution in [0.1, 0.15) is 22.2 Å². The summed E-state index contributed by atoms with van der Waals surface area (Å²) in [7, 11) is 1.92. The van der Waals surface area contributed by atoms with Gasteiger partial charge in [0.2, 0.25) is 5.56 Å². The Morgan fingerprint density at radius 3 is 2.88 bits per heavy atom. The number of nitrogens with zero attached hydrogens (tertiary/aromatic N) is 3. The smallest absolute Gasteiger partial charge is 0.255 e. The molecular formula is C18H20ClN5O2. The Bertz CT molecular complexity index is 996. The number of rotatable bonds is 2. The van der Waals surface area contributed by atoms with Gasteiger partial charge in [0, 0.05) is 56.0 Å². The molecule has 1 fully saturated rings. The van der Waals surface area contributed by atoms with Gasteiger partial charge in [-0.2, -0.15) is 0 Å². The average molecular weight is 374 g/mol. The van der Waals surface area contributed by atoms with E-state index >= 15 is 0 Å². The van der Waals surface area contributed by atoms with E-state index in [2.05, 4.69) is 15.3 Å². The van der Waals surface area contributed by atoms with Crippen molar-refractivity contribution >= 4 is 29.2 Å². The van der Waals surface area contributed by atoms with Gasteiger partial charge >= 0.3 is 0 Å². The monoisotopic (exact) mass is 373 g/mol. The molecule has 4 rings (SSSR count). The fourth-order valence-corrected chi connectivity index (χ4v) is 3.41. The summed E-state index contributed by atoms with van der Waals surface area (Å²) < 4.78 is 1.92. The van der Waals surface area contributed by atoms with Crippen LogP contribution in [-0.2, 0) is 7.05 Å². The summed E-state index contributed by atoms with van der Waals surface area (Å²) in [4.78, 5) is 34.3. The minimum atomic E-state index is -0.272. The third-order valence-corrected chi connectivity index (χ3v) is 4.64. The number of aromatic amines is 1. The average Bonchev–Trinajstić information content (AvgIpc) is 3.06. The Hall–Kier alpha value is -2.64. The second kappa shape index (κ2) is 7.31. The molecule has 0 spiro atoms. The van der Waals surface area contributed by atoms with E-state index in [4.69, 9.17) is 0 Å². The van der Waals surface area contributed by atoms with Crippen molar-refractivity contribution in [1.29, 1.82) is 0 Å². The molecule has 2 aromatic heterocycles. The van der Waals surface area contributed by atoms with Crippen molar-refractivity contribution in [1.82, 2.24) is 24.8 Å². The number of fused-ring (bicyclic) bond motifs is 1. The molecule has 7 nitrogen and oxygen atoms in total. The number of pyridine rings is 1. The molecular weight excluding hydrogens is 354 g/mol. The van der Waals surface area contributed by atoms with Crippen LogP contribution in [0.3, 0.4) is 0 Å². The molecule has 1 aliphatic rings. The van der Waals surface area contributed by atoms with Crippen molar-refractivity contribution < 1.29 is 4.79 Å². The lowest BCUT2D eigenvalue weighted by Crippen LogP contribution is -2.49. The van der Waals surface area contributed by atoms with E-state index in [0.29, 0.717) is 30.7 Å². The van der Waals surface area contributed by atoms with Crippen molar-refractivity contribution in [2.24, 2.45) is 7.05 Å². The Labute approximate surface area is 156 Å². The summed E-state index contributed by atoms with van der Waals surface area (Å²) in [6, 6.07) is 8.60. The van der Waals surface area contributed by atoms with Crippen LogP contribution < -0.4 is 10.9 Å². The summed E-state index contributed by atoms with van der Waals surface area (Å²) in [5, 5.41) is 4.07. The van der Waals surface area contributed by atoms with Gasteiger partial charge in [-0.05, 0) is 6.07 Å². The highest BCUT2D eigenvalue weighted by Gasteiger charge is 2.31. The summed E-state index contributed by atoms with van der Waals surface area (Å²) in [5.74, 6) is 0.687. The van der Waals surface area contributed by atoms with Gasteiger partial charge in [0.05, 0.1) is 5.56 Å². The van der Waals surface area contributed by atoms with Gasteiger partial charge in [0.25, 0.3) is 5.91 Å². The van der Waals surface area contributed by atoms with Crippen LogP contribution in [0, 0.1) is 0 Å². The number of para-hydroxylation sites is 1. The lowest BCUT2D eigenvalue weighted by atomic mass is 10.1. The Morgan fingerprint density at radius 2 is 2.12 bits per heavy atom. The van der Waals surface area contributed by atoms with Crippen LogP contribution in [0.15, 0.2) is 47.5 Å². The molecule has 2 N–H and O–H groups in total. The second-order valence-corrected chi connectivity index (χ2v) is 6.21. The molecule has 0 radical (unpaired) electrons. The molecule has 3 heterocycles. The van der Waals surface area contributed by atoms with E-state index in [-0.39, 0.29) is 29.9 Å². The lowest BCUT2D eigenvalue weighted by Gasteiger charge is -2.36. The predicted molar refractivity (Wildman–Crippen MR) is 102 cm³/mol. The van der Waals surface area contributed by atoms with E-state index in [1.54, 1.807) is 11.1 Å². The summed E-state index contributed by atoms with van der Waals surface area (Å²) in [6.45, 7) is 1.92. The molecule has 1 amide bonds. The van der Waals surface area contributed by atoms with E-state index in [1.807, 2.05) is 42.1 Å². The first-order valence-electron chi connectivity index (χ1n) is 8.26. The van der Waals surface area contributed by atoms with Crippen molar-refractivity contribution in [3.05, 3.63) is 64.5 Å². The summed E-state index contributed by atoms with van der Waals surface area (Å²) >= 11 is 0. The Kier molecular flexibility index (Phi) is 5.11. The number of imidazole rings is 1. The molecule has 1 atom stereocenters. The molecule has 26 heavy (non-hydrogen) atoms. The number of aryl methyl sites for hydroxylation is 1. The van der Waals surface area contributed by atoms with Crippen molar-refractivity contribution in [3.63, 3.8) is 0 Å². The minimum Gasteiger partial charge on any atom is -0.336 e. The van der Waals surface area contributed by atoms with Gasteiger partial charge in [0.1, 0.15) is 11.9 Å². The minimum absolute atomic E-state index is 0. The van der Waals surface area contributed by atoms with Crippen molar-refractivity contribution in [2.45, 2.75) is 6.04 Å². The van der Waals surface area contributed by atoms with Crippen molar-refractivity contribution in [2.75, 3.05) is 19.6 Å². The maximum Gasteiger partial charge on any atom is 0.255 e. The molecule has 136 valence electrons. The number of amides is 1. The van der Waals surface area contributed by atoms with Crippen LogP contribution >= 0.6 is 12.4 Å². The van der Waals surface area contributed by atoms with Gasteiger partial charge in [-0.15, -0.1) is 12.4 Å². The maximum atomic E-state index is 13.3. The van der Waals surface area contributed by atoms with Crippen LogP contribution in [0.25, 0.3) is 10.9 Å². The number of nitrogens with one attached hydrogen (secondary N) is 2. The largest absolute Gasteiger partial charge is 0.336 e. The molecule has 0 bridgehead atoms. The molecule has 1 aliphatic heterocycles. The number of aromatic nitrogens is 3. The molecule has 1 saturated heterocycles. The zero-order chi connectivity index (χ0) is 17.4. The van der Waals surface area contributed by atoms with Gasteiger partial charge in [0.15, 0.2) is 0 Å². The summed E-state index contributed by atoms with van der Waals surface area (Å²) in [6.07, 6.45) is 3.60. The number of hydrogen-bond donors (Lipinski definition) is 2. The molecule has 1 unspecified atom stereocenters. The molecule has 3 aromatic rings. The molecule has 0 saturated carbocycles. The zero-order valence-electron chi connectivity index (χ0n) is 14.3. The van der Waals surface area contributed by atoms with Gasteiger partial charge in [-0.3, -0.25) is 9.59 Å². The fraction of sp³-hybridized carbons (Fsp3) is 0.278. The molecule has 0 aliphatic carbocycles. The first-order valence-corrected chi connectivity index (χ1v) is 8.26. The fourth-order valence-electron chi connectivity index (χ4n) is 3.41. The third kappa shape index (κ3) is 3.11. The number of hydrogen-bond acceptors (Lipinski definition) is 4.